The summed E-state index contributed by atoms with van der Waals surface area (Å²) in [6.07, 6.45) is 3.44. The minimum Gasteiger partial charge on any atom is -0.494 e. The second kappa shape index (κ2) is 11.3. The summed E-state index contributed by atoms with van der Waals surface area (Å²) in [7, 11) is 0. The van der Waals surface area contributed by atoms with Crippen LogP contribution in [0.15, 0.2) is 29.3 Å². The largest absolute Gasteiger partial charge is 0.494 e. The first-order chi connectivity index (χ1) is 13.8. The van der Waals surface area contributed by atoms with Gasteiger partial charge in [-0.05, 0) is 37.5 Å². The van der Waals surface area contributed by atoms with Crippen LogP contribution < -0.4 is 10.1 Å². The van der Waals surface area contributed by atoms with Gasteiger partial charge in [-0.2, -0.15) is 0 Å². The van der Waals surface area contributed by atoms with Crippen molar-refractivity contribution in [2.75, 3.05) is 52.5 Å². The van der Waals surface area contributed by atoms with Crippen molar-refractivity contribution in [2.45, 2.75) is 45.7 Å². The Morgan fingerprint density at radius 3 is 2.89 bits per heavy atom. The van der Waals surface area contributed by atoms with Crippen molar-refractivity contribution in [3.8, 4) is 5.75 Å². The van der Waals surface area contributed by atoms with E-state index < -0.39 is 0 Å². The van der Waals surface area contributed by atoms with E-state index in [9.17, 15) is 0 Å². The molecule has 2 aliphatic heterocycles. The molecule has 6 heteroatoms. The highest BCUT2D eigenvalue weighted by Crippen LogP contribution is 2.18. The smallest absolute Gasteiger partial charge is 0.194 e. The molecule has 1 atom stereocenters. The molecule has 1 unspecified atom stereocenters. The second-order valence-electron chi connectivity index (χ2n) is 7.56. The van der Waals surface area contributed by atoms with Crippen molar-refractivity contribution in [3.05, 3.63) is 29.8 Å². The van der Waals surface area contributed by atoms with Crippen LogP contribution in [-0.2, 0) is 11.3 Å². The van der Waals surface area contributed by atoms with E-state index in [1.54, 1.807) is 0 Å². The maximum absolute atomic E-state index is 5.83. The van der Waals surface area contributed by atoms with E-state index in [-0.39, 0.29) is 0 Å². The normalized spacial score (nSPS) is 21.1. The lowest BCUT2D eigenvalue weighted by atomic mass is 10.2. The van der Waals surface area contributed by atoms with Crippen molar-refractivity contribution in [1.29, 1.82) is 0 Å². The van der Waals surface area contributed by atoms with Crippen LogP contribution in [0.4, 0.5) is 0 Å². The molecule has 2 heterocycles. The van der Waals surface area contributed by atoms with Gasteiger partial charge in [0.2, 0.25) is 0 Å². The molecule has 1 aromatic rings. The summed E-state index contributed by atoms with van der Waals surface area (Å²) < 4.78 is 11.3. The zero-order valence-electron chi connectivity index (χ0n) is 17.5. The van der Waals surface area contributed by atoms with Crippen molar-refractivity contribution < 1.29 is 9.47 Å². The summed E-state index contributed by atoms with van der Waals surface area (Å²) >= 11 is 0. The van der Waals surface area contributed by atoms with Gasteiger partial charge in [0.15, 0.2) is 5.96 Å². The van der Waals surface area contributed by atoms with Crippen LogP contribution in [0.1, 0.15) is 38.7 Å². The zero-order chi connectivity index (χ0) is 19.6. The number of rotatable bonds is 8. The first kappa shape index (κ1) is 20.9. The van der Waals surface area contributed by atoms with Gasteiger partial charge < -0.3 is 19.7 Å². The van der Waals surface area contributed by atoms with Gasteiger partial charge in [-0.15, -0.1) is 0 Å². The van der Waals surface area contributed by atoms with Gasteiger partial charge in [0, 0.05) is 38.8 Å². The van der Waals surface area contributed by atoms with E-state index in [4.69, 9.17) is 14.5 Å². The minimum atomic E-state index is 0.614. The Balaban J connectivity index is 1.57. The number of unbranched alkanes of at least 4 members (excludes halogenated alkanes) is 1. The SMILES string of the molecule is CCCCOc1cccc(CN=C(NCC)N2CCC(N3CCOCC3)C2)c1. The van der Waals surface area contributed by atoms with Crippen LogP contribution in [0.5, 0.6) is 5.75 Å². The van der Waals surface area contributed by atoms with Gasteiger partial charge in [-0.3, -0.25) is 4.90 Å². The molecule has 28 heavy (non-hydrogen) atoms. The maximum Gasteiger partial charge on any atom is 0.194 e. The Morgan fingerprint density at radius 2 is 2.11 bits per heavy atom. The molecule has 2 fully saturated rings. The number of hydrogen-bond acceptors (Lipinski definition) is 4. The van der Waals surface area contributed by atoms with Crippen molar-refractivity contribution in [3.63, 3.8) is 0 Å². The van der Waals surface area contributed by atoms with Crippen molar-refractivity contribution >= 4 is 5.96 Å². The van der Waals surface area contributed by atoms with Crippen molar-refractivity contribution in [2.24, 2.45) is 4.99 Å². The lowest BCUT2D eigenvalue weighted by Gasteiger charge is -2.32. The first-order valence-electron chi connectivity index (χ1n) is 10.9. The summed E-state index contributed by atoms with van der Waals surface area (Å²) in [6.45, 7) is 12.6. The van der Waals surface area contributed by atoms with Crippen LogP contribution >= 0.6 is 0 Å². The van der Waals surface area contributed by atoms with Gasteiger partial charge in [0.1, 0.15) is 5.75 Å². The first-order valence-corrected chi connectivity index (χ1v) is 10.9. The fourth-order valence-electron chi connectivity index (χ4n) is 3.83. The molecule has 2 saturated heterocycles. The standard InChI is InChI=1S/C22H36N4O2/c1-3-5-13-28-21-8-6-7-19(16-21)17-24-22(23-4-2)26-10-9-20(18-26)25-11-14-27-15-12-25/h6-8,16,20H,3-5,9-15,17-18H2,1-2H3,(H,23,24). The van der Waals surface area contributed by atoms with E-state index in [0.717, 1.165) is 77.1 Å². The summed E-state index contributed by atoms with van der Waals surface area (Å²) in [5.74, 6) is 1.97. The Labute approximate surface area is 169 Å². The molecule has 156 valence electrons. The number of likely N-dealkylation sites (tertiary alicyclic amines) is 1. The van der Waals surface area contributed by atoms with Gasteiger partial charge in [0.25, 0.3) is 0 Å². The zero-order valence-corrected chi connectivity index (χ0v) is 17.5. The topological polar surface area (TPSA) is 49.3 Å². The summed E-state index contributed by atoms with van der Waals surface area (Å²) in [6, 6.07) is 8.94. The third kappa shape index (κ3) is 6.11. The maximum atomic E-state index is 5.83. The molecule has 3 rings (SSSR count). The van der Waals surface area contributed by atoms with Gasteiger partial charge in [-0.25, -0.2) is 4.99 Å². The molecule has 0 aromatic heterocycles. The fourth-order valence-corrected chi connectivity index (χ4v) is 3.83. The van der Waals surface area contributed by atoms with Crippen molar-refractivity contribution in [1.82, 2.24) is 15.1 Å². The predicted octanol–water partition coefficient (Wildman–Crippen LogP) is 2.74. The Bertz CT molecular complexity index is 616. The second-order valence-corrected chi connectivity index (χ2v) is 7.56. The summed E-state index contributed by atoms with van der Waals surface area (Å²) in [4.78, 5) is 9.90. The highest BCUT2D eigenvalue weighted by molar-refractivity contribution is 5.80. The Hall–Kier alpha value is -1.79. The molecule has 6 nitrogen and oxygen atoms in total. The lowest BCUT2D eigenvalue weighted by molar-refractivity contribution is 0.0195. The van der Waals surface area contributed by atoms with Crippen LogP contribution in [-0.4, -0.2) is 74.3 Å². The number of aliphatic imine (C=N–C) groups is 1. The molecule has 1 N–H and O–H groups in total. The molecule has 1 aromatic carbocycles. The van der Waals surface area contributed by atoms with Crippen LogP contribution in [0.3, 0.4) is 0 Å². The predicted molar refractivity (Wildman–Crippen MR) is 114 cm³/mol. The van der Waals surface area contributed by atoms with E-state index >= 15 is 0 Å². The highest BCUT2D eigenvalue weighted by atomic mass is 16.5. The number of benzene rings is 1. The average molecular weight is 389 g/mol. The average Bonchev–Trinajstić information content (AvgIpc) is 3.22. The Morgan fingerprint density at radius 1 is 1.25 bits per heavy atom. The van der Waals surface area contributed by atoms with E-state index in [1.165, 1.54) is 12.0 Å². The van der Waals surface area contributed by atoms with Gasteiger partial charge in [0.05, 0.1) is 26.4 Å². The van der Waals surface area contributed by atoms with Crippen LogP contribution in [0.25, 0.3) is 0 Å². The minimum absolute atomic E-state index is 0.614. The number of morpholine rings is 1. The number of guanidine groups is 1. The molecular weight excluding hydrogens is 352 g/mol. The third-order valence-corrected chi connectivity index (χ3v) is 5.44. The van der Waals surface area contributed by atoms with E-state index in [0.29, 0.717) is 12.6 Å². The van der Waals surface area contributed by atoms with Gasteiger partial charge in [-0.1, -0.05) is 25.5 Å². The number of ether oxygens (including phenoxy) is 2. The molecule has 0 aliphatic carbocycles. The van der Waals surface area contributed by atoms with Gasteiger partial charge >= 0.3 is 0 Å². The van der Waals surface area contributed by atoms with E-state index in [1.807, 2.05) is 6.07 Å². The van der Waals surface area contributed by atoms with Crippen LogP contribution in [0.2, 0.25) is 0 Å². The summed E-state index contributed by atoms with van der Waals surface area (Å²) in [5, 5.41) is 3.48. The molecule has 0 spiro atoms. The number of hydrogen-bond donors (Lipinski definition) is 1. The number of nitrogens with zero attached hydrogens (tertiary/aromatic N) is 3. The molecule has 0 radical (unpaired) electrons. The quantitative estimate of drug-likeness (QED) is 0.422. The lowest BCUT2D eigenvalue weighted by Crippen LogP contribution is -2.46. The third-order valence-electron chi connectivity index (χ3n) is 5.44. The van der Waals surface area contributed by atoms with E-state index in [2.05, 4.69) is 47.2 Å². The fraction of sp³-hybridized carbons (Fsp3) is 0.682. The molecule has 2 aliphatic rings. The summed E-state index contributed by atoms with van der Waals surface area (Å²) in [5.41, 5.74) is 1.19. The molecule has 0 bridgehead atoms. The monoisotopic (exact) mass is 388 g/mol. The highest BCUT2D eigenvalue weighted by Gasteiger charge is 2.30. The molecular formula is C22H36N4O2. The molecule has 0 amide bonds. The number of nitrogens with one attached hydrogen (secondary N) is 1. The molecule has 0 saturated carbocycles. The van der Waals surface area contributed by atoms with Crippen LogP contribution in [0, 0.1) is 0 Å². The Kier molecular flexibility index (Phi) is 8.42.